The van der Waals surface area contributed by atoms with Crippen LogP contribution >= 0.6 is 0 Å². The number of esters is 1. The highest BCUT2D eigenvalue weighted by molar-refractivity contribution is 6.06. The van der Waals surface area contributed by atoms with Crippen molar-refractivity contribution in [3.63, 3.8) is 0 Å². The van der Waals surface area contributed by atoms with Crippen LogP contribution in [0.1, 0.15) is 29.5 Å². The van der Waals surface area contributed by atoms with Gasteiger partial charge in [-0.2, -0.15) is 0 Å². The number of nitrogens with one attached hydrogen (secondary N) is 1. The second-order valence-electron chi connectivity index (χ2n) is 9.62. The van der Waals surface area contributed by atoms with E-state index in [2.05, 4.69) is 5.32 Å². The first-order valence-corrected chi connectivity index (χ1v) is 12.1. The number of hydrogen-bond acceptors (Lipinski definition) is 6. The van der Waals surface area contributed by atoms with Crippen molar-refractivity contribution < 1.29 is 19.1 Å². The first-order chi connectivity index (χ1) is 17.9. The Bertz CT molecular complexity index is 1580. The van der Waals surface area contributed by atoms with Crippen LogP contribution in [-0.4, -0.2) is 53.2 Å². The van der Waals surface area contributed by atoms with Crippen molar-refractivity contribution in [2.24, 2.45) is 5.41 Å². The quantitative estimate of drug-likeness (QED) is 0.424. The van der Waals surface area contributed by atoms with Crippen molar-refractivity contribution in [2.75, 3.05) is 27.4 Å². The minimum atomic E-state index is -1.57. The summed E-state index contributed by atoms with van der Waals surface area (Å²) < 4.78 is 14.7. The van der Waals surface area contributed by atoms with Gasteiger partial charge in [0.1, 0.15) is 0 Å². The van der Waals surface area contributed by atoms with Gasteiger partial charge in [-0.15, -0.1) is 0 Å². The van der Waals surface area contributed by atoms with Gasteiger partial charge in [0.2, 0.25) is 5.91 Å². The number of fused-ring (bicyclic) bond motifs is 7. The van der Waals surface area contributed by atoms with Crippen molar-refractivity contribution in [3.05, 3.63) is 92.3 Å². The number of aromatic nitrogens is 3. The van der Waals surface area contributed by atoms with Gasteiger partial charge in [0, 0.05) is 19.6 Å². The number of allylic oxidation sites excluding steroid dienone is 1. The molecule has 190 valence electrons. The van der Waals surface area contributed by atoms with E-state index in [4.69, 9.17) is 9.47 Å². The van der Waals surface area contributed by atoms with Gasteiger partial charge in [0.15, 0.2) is 5.41 Å². The molecule has 1 aliphatic carbocycles. The third-order valence-electron chi connectivity index (χ3n) is 7.90. The smallest absolute Gasteiger partial charge is 0.352 e. The Kier molecular flexibility index (Phi) is 5.30. The van der Waals surface area contributed by atoms with Crippen LogP contribution in [0.4, 0.5) is 0 Å². The van der Waals surface area contributed by atoms with E-state index in [1.807, 2.05) is 24.3 Å². The molecule has 0 unspecified atom stereocenters. The predicted octanol–water partition coefficient (Wildman–Crippen LogP) is 1.23. The number of para-hydroxylation sites is 1. The molecule has 1 fully saturated rings. The second kappa shape index (κ2) is 8.45. The summed E-state index contributed by atoms with van der Waals surface area (Å²) >= 11 is 0. The number of amides is 1. The van der Waals surface area contributed by atoms with E-state index >= 15 is 0 Å². The van der Waals surface area contributed by atoms with Gasteiger partial charge < -0.3 is 14.8 Å². The number of hydrogen-bond donors (Lipinski definition) is 1. The molecule has 1 saturated heterocycles. The highest BCUT2D eigenvalue weighted by Crippen LogP contribution is 2.55. The van der Waals surface area contributed by atoms with E-state index in [0.717, 1.165) is 26.8 Å². The molecule has 3 atom stereocenters. The highest BCUT2D eigenvalue weighted by Gasteiger charge is 2.61. The SMILES string of the molecule is COCC1=C2c3ccccc3[C@@H]3CNC(=O)[C@]3(C(=O)OC)C[C@@H]2n2c(=O)n(-c3ccccc3)c(=O)n2C1. The highest BCUT2D eigenvalue weighted by atomic mass is 16.5. The Morgan fingerprint density at radius 1 is 1.03 bits per heavy atom. The molecule has 3 aliphatic rings. The molecule has 0 spiro atoms. The van der Waals surface area contributed by atoms with Crippen LogP contribution in [-0.2, 0) is 25.6 Å². The van der Waals surface area contributed by atoms with E-state index in [-0.39, 0.29) is 26.1 Å². The predicted molar refractivity (Wildman–Crippen MR) is 133 cm³/mol. The molecule has 0 radical (unpaired) electrons. The number of nitrogens with zero attached hydrogens (tertiary/aromatic N) is 3. The van der Waals surface area contributed by atoms with Crippen molar-refractivity contribution >= 4 is 17.4 Å². The molecule has 2 aliphatic heterocycles. The Balaban J connectivity index is 1.69. The fourth-order valence-corrected chi connectivity index (χ4v) is 6.37. The van der Waals surface area contributed by atoms with E-state index in [0.29, 0.717) is 5.69 Å². The zero-order chi connectivity index (χ0) is 25.9. The summed E-state index contributed by atoms with van der Waals surface area (Å²) in [5.74, 6) is -1.60. The van der Waals surface area contributed by atoms with Gasteiger partial charge in [-0.1, -0.05) is 42.5 Å². The molecule has 1 aromatic heterocycles. The van der Waals surface area contributed by atoms with Gasteiger partial charge in [0.25, 0.3) is 0 Å². The monoisotopic (exact) mass is 502 g/mol. The summed E-state index contributed by atoms with van der Waals surface area (Å²) in [6, 6.07) is 15.5. The first-order valence-electron chi connectivity index (χ1n) is 12.1. The molecule has 10 nitrogen and oxygen atoms in total. The van der Waals surface area contributed by atoms with E-state index < -0.39 is 40.6 Å². The maximum absolute atomic E-state index is 13.9. The third kappa shape index (κ3) is 3.08. The van der Waals surface area contributed by atoms with Crippen LogP contribution in [0.3, 0.4) is 0 Å². The molecule has 1 N–H and O–H groups in total. The van der Waals surface area contributed by atoms with Gasteiger partial charge in [-0.3, -0.25) is 9.59 Å². The lowest BCUT2D eigenvalue weighted by Gasteiger charge is -2.34. The normalized spacial score (nSPS) is 23.9. The van der Waals surface area contributed by atoms with Crippen molar-refractivity contribution in [1.82, 2.24) is 19.2 Å². The fraction of sp³-hybridized carbons (Fsp3) is 0.333. The lowest BCUT2D eigenvalue weighted by molar-refractivity contribution is -0.158. The van der Waals surface area contributed by atoms with Gasteiger partial charge in [0.05, 0.1) is 32.0 Å². The zero-order valence-corrected chi connectivity index (χ0v) is 20.5. The fourth-order valence-electron chi connectivity index (χ4n) is 6.37. The summed E-state index contributed by atoms with van der Waals surface area (Å²) in [4.78, 5) is 54.4. The molecule has 1 amide bonds. The number of methoxy groups -OCH3 is 2. The molecule has 37 heavy (non-hydrogen) atoms. The van der Waals surface area contributed by atoms with E-state index in [1.54, 1.807) is 37.4 Å². The van der Waals surface area contributed by atoms with Crippen molar-refractivity contribution in [1.29, 1.82) is 0 Å². The topological polar surface area (TPSA) is 114 Å². The largest absolute Gasteiger partial charge is 0.468 e. The molecule has 3 aromatic rings. The Labute approximate surface area is 211 Å². The maximum Gasteiger partial charge on any atom is 0.352 e. The number of rotatable bonds is 4. The number of carbonyl (C=O) groups excluding carboxylic acids is 2. The molecular weight excluding hydrogens is 476 g/mol. The Hall–Kier alpha value is -4.18. The summed E-state index contributed by atoms with van der Waals surface area (Å²) in [5, 5.41) is 2.86. The van der Waals surface area contributed by atoms with E-state index in [1.165, 1.54) is 16.5 Å². The number of carbonyl (C=O) groups is 2. The van der Waals surface area contributed by atoms with Crippen LogP contribution in [0.2, 0.25) is 0 Å². The lowest BCUT2D eigenvalue weighted by atomic mass is 9.71. The summed E-state index contributed by atoms with van der Waals surface area (Å²) in [5.41, 5.74) is 1.11. The second-order valence-corrected chi connectivity index (χ2v) is 9.62. The van der Waals surface area contributed by atoms with Gasteiger partial charge in [-0.25, -0.2) is 23.5 Å². The molecule has 10 heteroatoms. The molecule has 0 saturated carbocycles. The molecular formula is C27H26N4O6. The zero-order valence-electron chi connectivity index (χ0n) is 20.5. The van der Waals surface area contributed by atoms with Crippen LogP contribution in [0.15, 0.2) is 69.8 Å². The van der Waals surface area contributed by atoms with Crippen LogP contribution in [0.25, 0.3) is 11.3 Å². The molecule has 2 aromatic carbocycles. The molecule has 6 rings (SSSR count). The summed E-state index contributed by atoms with van der Waals surface area (Å²) in [7, 11) is 2.83. The van der Waals surface area contributed by atoms with Crippen molar-refractivity contribution in [3.8, 4) is 5.69 Å². The van der Waals surface area contributed by atoms with Crippen LogP contribution in [0, 0.1) is 5.41 Å². The first kappa shape index (κ1) is 23.2. The Morgan fingerprint density at radius 2 is 1.76 bits per heavy atom. The van der Waals surface area contributed by atoms with Gasteiger partial charge in [-0.05, 0) is 40.8 Å². The minimum Gasteiger partial charge on any atom is -0.468 e. The van der Waals surface area contributed by atoms with Crippen LogP contribution < -0.4 is 16.7 Å². The average Bonchev–Trinajstić information content (AvgIpc) is 3.32. The standard InChI is InChI=1S/C27H26N4O6/c1-36-15-16-14-29-25(34)30(17-8-4-3-5-9-17)26(35)31(29)21-12-27(24(33)37-2)20(13-28-23(27)32)18-10-6-7-11-19(18)22(16)21/h3-11,20-21H,12-15H2,1-2H3,(H,28,32)/t20-,21-,27-/m0/s1. The van der Waals surface area contributed by atoms with Gasteiger partial charge >= 0.3 is 17.3 Å². The number of ether oxygens (including phenoxy) is 2. The number of benzene rings is 2. The van der Waals surface area contributed by atoms with Crippen molar-refractivity contribution in [2.45, 2.75) is 24.9 Å². The minimum absolute atomic E-state index is 0.0362. The summed E-state index contributed by atoms with van der Waals surface area (Å²) in [6.45, 7) is 0.626. The maximum atomic E-state index is 13.9. The molecule has 0 bridgehead atoms. The van der Waals surface area contributed by atoms with Crippen LogP contribution in [0.5, 0.6) is 0 Å². The summed E-state index contributed by atoms with van der Waals surface area (Å²) in [6.07, 6.45) is -0.0362. The average molecular weight is 503 g/mol. The lowest BCUT2D eigenvalue weighted by Crippen LogP contribution is -2.46. The Morgan fingerprint density at radius 3 is 2.49 bits per heavy atom. The molecule has 3 heterocycles. The third-order valence-corrected chi connectivity index (χ3v) is 7.90. The van der Waals surface area contributed by atoms with E-state index in [9.17, 15) is 19.2 Å².